The summed E-state index contributed by atoms with van der Waals surface area (Å²) in [7, 11) is 0. The van der Waals surface area contributed by atoms with Crippen molar-refractivity contribution >= 4 is 40.7 Å². The molecule has 3 aromatic carbocycles. The van der Waals surface area contributed by atoms with E-state index in [2.05, 4.69) is 10.6 Å². The zero-order chi connectivity index (χ0) is 20.8. The smallest absolute Gasteiger partial charge is 0.252 e. The first-order chi connectivity index (χ1) is 13.9. The Morgan fingerprint density at radius 3 is 2.38 bits per heavy atom. The molecule has 4 nitrogen and oxygen atoms in total. The van der Waals surface area contributed by atoms with Gasteiger partial charge in [-0.15, -0.1) is 0 Å². The van der Waals surface area contributed by atoms with E-state index in [1.54, 1.807) is 12.1 Å². The first-order valence-corrected chi connectivity index (χ1v) is 9.54. The zero-order valence-electron chi connectivity index (χ0n) is 15.2. The first kappa shape index (κ1) is 20.8. The summed E-state index contributed by atoms with van der Waals surface area (Å²) in [4.78, 5) is 25.5. The average Bonchev–Trinajstić information content (AvgIpc) is 2.70. The van der Waals surface area contributed by atoms with Gasteiger partial charge < -0.3 is 10.6 Å². The third kappa shape index (κ3) is 5.79. The van der Waals surface area contributed by atoms with E-state index in [-0.39, 0.29) is 17.0 Å². The van der Waals surface area contributed by atoms with Crippen molar-refractivity contribution in [2.45, 2.75) is 12.5 Å². The van der Waals surface area contributed by atoms with Gasteiger partial charge in [0.1, 0.15) is 11.9 Å². The predicted octanol–water partition coefficient (Wildman–Crippen LogP) is 5.11. The van der Waals surface area contributed by atoms with Crippen molar-refractivity contribution in [2.24, 2.45) is 0 Å². The maximum absolute atomic E-state index is 13.5. The molecule has 0 bridgehead atoms. The molecule has 0 spiro atoms. The van der Waals surface area contributed by atoms with Crippen LogP contribution in [0.25, 0.3) is 0 Å². The number of hydrogen-bond acceptors (Lipinski definition) is 2. The van der Waals surface area contributed by atoms with Gasteiger partial charge in [-0.3, -0.25) is 9.59 Å². The Labute approximate surface area is 177 Å². The van der Waals surface area contributed by atoms with Crippen LogP contribution in [-0.2, 0) is 11.2 Å². The van der Waals surface area contributed by atoms with E-state index in [9.17, 15) is 14.0 Å². The molecule has 2 N–H and O–H groups in total. The molecule has 0 aliphatic rings. The lowest BCUT2D eigenvalue weighted by molar-refractivity contribution is -0.118. The van der Waals surface area contributed by atoms with Crippen LogP contribution < -0.4 is 10.6 Å². The fourth-order valence-electron chi connectivity index (χ4n) is 2.74. The quantitative estimate of drug-likeness (QED) is 0.570. The number of anilines is 1. The second kappa shape index (κ2) is 9.54. The Morgan fingerprint density at radius 2 is 1.69 bits per heavy atom. The van der Waals surface area contributed by atoms with Crippen molar-refractivity contribution in [2.75, 3.05) is 5.32 Å². The standard InChI is InChI=1S/C22H17Cl2FN2O2/c23-16-9-10-19(18(24)13-16)26-22(29)20(11-14-5-2-1-3-6-14)27-21(28)15-7-4-8-17(25)12-15/h1-10,12-13,20H,11H2,(H,26,29)(H,27,28). The molecule has 3 rings (SSSR count). The van der Waals surface area contributed by atoms with Gasteiger partial charge in [0.25, 0.3) is 5.91 Å². The summed E-state index contributed by atoms with van der Waals surface area (Å²) in [5.74, 6) is -1.54. The van der Waals surface area contributed by atoms with Crippen LogP contribution in [-0.4, -0.2) is 17.9 Å². The molecule has 0 saturated carbocycles. The minimum Gasteiger partial charge on any atom is -0.340 e. The maximum atomic E-state index is 13.5. The van der Waals surface area contributed by atoms with E-state index < -0.39 is 23.7 Å². The average molecular weight is 431 g/mol. The molecule has 148 valence electrons. The van der Waals surface area contributed by atoms with E-state index >= 15 is 0 Å². The van der Waals surface area contributed by atoms with Crippen molar-refractivity contribution < 1.29 is 14.0 Å². The Kier molecular flexibility index (Phi) is 6.86. The maximum Gasteiger partial charge on any atom is 0.252 e. The fraction of sp³-hybridized carbons (Fsp3) is 0.0909. The van der Waals surface area contributed by atoms with Gasteiger partial charge in [0.15, 0.2) is 0 Å². The number of rotatable bonds is 6. The van der Waals surface area contributed by atoms with Crippen molar-refractivity contribution in [3.63, 3.8) is 0 Å². The summed E-state index contributed by atoms with van der Waals surface area (Å²) < 4.78 is 13.5. The molecule has 0 aliphatic heterocycles. The molecular formula is C22H17Cl2FN2O2. The lowest BCUT2D eigenvalue weighted by atomic mass is 10.0. The van der Waals surface area contributed by atoms with Gasteiger partial charge in [0, 0.05) is 17.0 Å². The summed E-state index contributed by atoms with van der Waals surface area (Å²) in [5, 5.41) is 6.10. The third-order valence-corrected chi connectivity index (χ3v) is 4.73. The van der Waals surface area contributed by atoms with Gasteiger partial charge in [-0.2, -0.15) is 0 Å². The third-order valence-electron chi connectivity index (χ3n) is 4.18. The molecule has 1 unspecified atom stereocenters. The van der Waals surface area contributed by atoms with Gasteiger partial charge in [-0.1, -0.05) is 59.6 Å². The van der Waals surface area contributed by atoms with E-state index in [0.717, 1.165) is 11.6 Å². The minimum absolute atomic E-state index is 0.125. The first-order valence-electron chi connectivity index (χ1n) is 8.78. The van der Waals surface area contributed by atoms with Gasteiger partial charge in [-0.25, -0.2) is 4.39 Å². The van der Waals surface area contributed by atoms with Gasteiger partial charge in [-0.05, 0) is 42.0 Å². The highest BCUT2D eigenvalue weighted by molar-refractivity contribution is 6.36. The van der Waals surface area contributed by atoms with Crippen molar-refractivity contribution in [3.05, 3.63) is 99.8 Å². The van der Waals surface area contributed by atoms with Gasteiger partial charge in [0.2, 0.25) is 5.91 Å². The van der Waals surface area contributed by atoms with E-state index in [0.29, 0.717) is 10.7 Å². The molecule has 0 aromatic heterocycles. The highest BCUT2D eigenvalue weighted by Gasteiger charge is 2.23. The number of hydrogen-bond donors (Lipinski definition) is 2. The highest BCUT2D eigenvalue weighted by Crippen LogP contribution is 2.25. The molecule has 0 heterocycles. The molecule has 1 atom stereocenters. The van der Waals surface area contributed by atoms with E-state index in [1.165, 1.54) is 24.3 Å². The lowest BCUT2D eigenvalue weighted by Gasteiger charge is -2.19. The van der Waals surface area contributed by atoms with Crippen molar-refractivity contribution in [3.8, 4) is 0 Å². The van der Waals surface area contributed by atoms with Crippen LogP contribution in [0.2, 0.25) is 10.0 Å². The summed E-state index contributed by atoms with van der Waals surface area (Å²) in [6, 6.07) is 18.3. The Morgan fingerprint density at radius 1 is 0.931 bits per heavy atom. The largest absolute Gasteiger partial charge is 0.340 e. The fourth-order valence-corrected chi connectivity index (χ4v) is 3.20. The van der Waals surface area contributed by atoms with Crippen LogP contribution >= 0.6 is 23.2 Å². The minimum atomic E-state index is -0.903. The van der Waals surface area contributed by atoms with Crippen molar-refractivity contribution in [1.82, 2.24) is 5.32 Å². The van der Waals surface area contributed by atoms with Crippen LogP contribution in [0.5, 0.6) is 0 Å². The van der Waals surface area contributed by atoms with Crippen LogP contribution in [0.3, 0.4) is 0 Å². The lowest BCUT2D eigenvalue weighted by Crippen LogP contribution is -2.45. The summed E-state index contributed by atoms with van der Waals surface area (Å²) >= 11 is 12.0. The van der Waals surface area contributed by atoms with E-state index in [1.807, 2.05) is 30.3 Å². The Bertz CT molecular complexity index is 1030. The van der Waals surface area contributed by atoms with Gasteiger partial charge in [0.05, 0.1) is 10.7 Å². The number of carbonyl (C=O) groups is 2. The SMILES string of the molecule is O=C(NC(Cc1ccccc1)C(=O)Nc1ccc(Cl)cc1Cl)c1cccc(F)c1. The Hall–Kier alpha value is -2.89. The van der Waals surface area contributed by atoms with Crippen LogP contribution in [0.4, 0.5) is 10.1 Å². The van der Waals surface area contributed by atoms with Crippen LogP contribution in [0, 0.1) is 5.82 Å². The van der Waals surface area contributed by atoms with Gasteiger partial charge >= 0.3 is 0 Å². The Balaban J connectivity index is 1.81. The molecule has 3 aromatic rings. The molecule has 0 fully saturated rings. The topological polar surface area (TPSA) is 58.2 Å². The molecule has 29 heavy (non-hydrogen) atoms. The summed E-state index contributed by atoms with van der Waals surface area (Å²) in [5.41, 5.74) is 1.36. The molecule has 0 saturated heterocycles. The second-order valence-corrected chi connectivity index (χ2v) is 7.18. The number of nitrogens with one attached hydrogen (secondary N) is 2. The van der Waals surface area contributed by atoms with Crippen LogP contribution in [0.15, 0.2) is 72.8 Å². The normalized spacial score (nSPS) is 11.6. The zero-order valence-corrected chi connectivity index (χ0v) is 16.7. The summed E-state index contributed by atoms with van der Waals surface area (Å²) in [6.45, 7) is 0. The summed E-state index contributed by atoms with van der Waals surface area (Å²) in [6.07, 6.45) is 0.249. The van der Waals surface area contributed by atoms with E-state index in [4.69, 9.17) is 23.2 Å². The molecule has 7 heteroatoms. The van der Waals surface area contributed by atoms with Crippen molar-refractivity contribution in [1.29, 1.82) is 0 Å². The number of carbonyl (C=O) groups excluding carboxylic acids is 2. The molecule has 0 aliphatic carbocycles. The predicted molar refractivity (Wildman–Crippen MR) is 113 cm³/mol. The second-order valence-electron chi connectivity index (χ2n) is 6.34. The highest BCUT2D eigenvalue weighted by atomic mass is 35.5. The molecule has 0 radical (unpaired) electrons. The molecule has 2 amide bonds. The molecular weight excluding hydrogens is 414 g/mol. The number of benzene rings is 3. The number of halogens is 3. The van der Waals surface area contributed by atoms with Crippen LogP contribution in [0.1, 0.15) is 15.9 Å². The number of amides is 2. The monoisotopic (exact) mass is 430 g/mol.